The van der Waals surface area contributed by atoms with Gasteiger partial charge in [0.2, 0.25) is 0 Å². The maximum Gasteiger partial charge on any atom is 0.307 e. The van der Waals surface area contributed by atoms with Crippen molar-refractivity contribution in [2.24, 2.45) is 5.73 Å². The SMILES string of the molecule is NC=CCc1ccccc1CC(=O)O. The van der Waals surface area contributed by atoms with Crippen molar-refractivity contribution < 1.29 is 9.90 Å². The van der Waals surface area contributed by atoms with E-state index in [0.717, 1.165) is 11.1 Å². The minimum atomic E-state index is -0.811. The van der Waals surface area contributed by atoms with Crippen molar-refractivity contribution >= 4 is 5.97 Å². The molecule has 1 rings (SSSR count). The van der Waals surface area contributed by atoms with Crippen LogP contribution in [0.15, 0.2) is 36.5 Å². The van der Waals surface area contributed by atoms with Crippen LogP contribution in [0.2, 0.25) is 0 Å². The van der Waals surface area contributed by atoms with Gasteiger partial charge in [0.05, 0.1) is 6.42 Å². The quantitative estimate of drug-likeness (QED) is 0.754. The molecule has 3 heteroatoms. The Labute approximate surface area is 82.9 Å². The lowest BCUT2D eigenvalue weighted by atomic mass is 10.0. The van der Waals surface area contributed by atoms with Crippen molar-refractivity contribution in [2.45, 2.75) is 12.8 Å². The first-order valence-corrected chi connectivity index (χ1v) is 4.39. The second-order valence-corrected chi connectivity index (χ2v) is 2.97. The van der Waals surface area contributed by atoms with Crippen LogP contribution in [-0.2, 0) is 17.6 Å². The van der Waals surface area contributed by atoms with Gasteiger partial charge in [0, 0.05) is 0 Å². The van der Waals surface area contributed by atoms with Crippen molar-refractivity contribution in [1.29, 1.82) is 0 Å². The normalized spacial score (nSPS) is 10.6. The van der Waals surface area contributed by atoms with E-state index in [2.05, 4.69) is 0 Å². The predicted octanol–water partition coefficient (Wildman–Crippen LogP) is 1.33. The van der Waals surface area contributed by atoms with Crippen LogP contribution in [0.3, 0.4) is 0 Å². The van der Waals surface area contributed by atoms with Crippen LogP contribution in [-0.4, -0.2) is 11.1 Å². The fourth-order valence-corrected chi connectivity index (χ4v) is 1.29. The van der Waals surface area contributed by atoms with E-state index >= 15 is 0 Å². The van der Waals surface area contributed by atoms with E-state index in [-0.39, 0.29) is 6.42 Å². The number of aliphatic carboxylic acids is 1. The molecule has 0 aliphatic rings. The number of carboxylic acids is 1. The first-order chi connectivity index (χ1) is 6.74. The number of hydrogen-bond acceptors (Lipinski definition) is 2. The molecule has 0 bridgehead atoms. The van der Waals surface area contributed by atoms with Crippen LogP contribution in [0.5, 0.6) is 0 Å². The zero-order chi connectivity index (χ0) is 10.4. The molecule has 0 aliphatic heterocycles. The van der Waals surface area contributed by atoms with Crippen LogP contribution < -0.4 is 5.73 Å². The van der Waals surface area contributed by atoms with E-state index < -0.39 is 5.97 Å². The van der Waals surface area contributed by atoms with E-state index in [1.54, 1.807) is 6.08 Å². The number of hydrogen-bond donors (Lipinski definition) is 2. The zero-order valence-electron chi connectivity index (χ0n) is 7.81. The fourth-order valence-electron chi connectivity index (χ4n) is 1.29. The summed E-state index contributed by atoms with van der Waals surface area (Å²) in [6, 6.07) is 7.48. The molecule has 0 fully saturated rings. The van der Waals surface area contributed by atoms with E-state index in [1.807, 2.05) is 24.3 Å². The maximum atomic E-state index is 10.6. The molecule has 0 saturated heterocycles. The molecular formula is C11H13NO2. The van der Waals surface area contributed by atoms with Gasteiger partial charge in [-0.05, 0) is 23.7 Å². The molecule has 0 saturated carbocycles. The second-order valence-electron chi connectivity index (χ2n) is 2.97. The van der Waals surface area contributed by atoms with E-state index in [4.69, 9.17) is 10.8 Å². The topological polar surface area (TPSA) is 63.3 Å². The summed E-state index contributed by atoms with van der Waals surface area (Å²) in [5.41, 5.74) is 7.09. The highest BCUT2D eigenvalue weighted by atomic mass is 16.4. The number of nitrogens with two attached hydrogens (primary N) is 1. The summed E-state index contributed by atoms with van der Waals surface area (Å²) in [4.78, 5) is 10.6. The maximum absolute atomic E-state index is 10.6. The highest BCUT2D eigenvalue weighted by molar-refractivity contribution is 5.70. The summed E-state index contributed by atoms with van der Waals surface area (Å²) < 4.78 is 0. The number of benzene rings is 1. The smallest absolute Gasteiger partial charge is 0.307 e. The molecule has 0 atom stereocenters. The summed E-state index contributed by atoms with van der Waals surface area (Å²) in [6.45, 7) is 0. The Bertz CT molecular complexity index is 345. The Balaban J connectivity index is 2.85. The minimum Gasteiger partial charge on any atom is -0.481 e. The van der Waals surface area contributed by atoms with Crippen LogP contribution in [0.1, 0.15) is 11.1 Å². The molecule has 1 aromatic carbocycles. The summed E-state index contributed by atoms with van der Waals surface area (Å²) >= 11 is 0. The van der Waals surface area contributed by atoms with Gasteiger partial charge in [-0.3, -0.25) is 4.79 Å². The van der Waals surface area contributed by atoms with Crippen LogP contribution >= 0.6 is 0 Å². The Hall–Kier alpha value is -1.77. The molecule has 0 unspecified atom stereocenters. The largest absolute Gasteiger partial charge is 0.481 e. The Kier molecular flexibility index (Phi) is 3.73. The monoisotopic (exact) mass is 191 g/mol. The molecule has 0 aromatic heterocycles. The van der Waals surface area contributed by atoms with E-state index in [0.29, 0.717) is 6.42 Å². The molecule has 3 N–H and O–H groups in total. The molecule has 74 valence electrons. The van der Waals surface area contributed by atoms with Crippen molar-refractivity contribution in [2.75, 3.05) is 0 Å². The van der Waals surface area contributed by atoms with Gasteiger partial charge in [-0.1, -0.05) is 30.3 Å². The van der Waals surface area contributed by atoms with Gasteiger partial charge in [-0.2, -0.15) is 0 Å². The van der Waals surface area contributed by atoms with Crippen molar-refractivity contribution in [1.82, 2.24) is 0 Å². The van der Waals surface area contributed by atoms with Crippen LogP contribution in [0, 0.1) is 0 Å². The third-order valence-electron chi connectivity index (χ3n) is 1.93. The van der Waals surface area contributed by atoms with Gasteiger partial charge >= 0.3 is 5.97 Å². The molecule has 1 aromatic rings. The highest BCUT2D eigenvalue weighted by Gasteiger charge is 2.04. The lowest BCUT2D eigenvalue weighted by molar-refractivity contribution is -0.136. The zero-order valence-corrected chi connectivity index (χ0v) is 7.81. The van der Waals surface area contributed by atoms with Gasteiger partial charge in [-0.15, -0.1) is 0 Å². The van der Waals surface area contributed by atoms with Crippen molar-refractivity contribution in [3.63, 3.8) is 0 Å². The molecular weight excluding hydrogens is 178 g/mol. The molecule has 0 radical (unpaired) electrons. The third-order valence-corrected chi connectivity index (χ3v) is 1.93. The molecule has 0 heterocycles. The van der Waals surface area contributed by atoms with E-state index in [1.165, 1.54) is 6.20 Å². The lowest BCUT2D eigenvalue weighted by Crippen LogP contribution is -2.03. The Morgan fingerprint density at radius 1 is 1.36 bits per heavy atom. The van der Waals surface area contributed by atoms with Gasteiger partial charge < -0.3 is 10.8 Å². The third kappa shape index (κ3) is 2.94. The minimum absolute atomic E-state index is 0.0641. The number of rotatable bonds is 4. The molecule has 0 aliphatic carbocycles. The summed E-state index contributed by atoms with van der Waals surface area (Å²) in [6.07, 6.45) is 4.02. The van der Waals surface area contributed by atoms with Gasteiger partial charge in [-0.25, -0.2) is 0 Å². The molecule has 3 nitrogen and oxygen atoms in total. The average molecular weight is 191 g/mol. The van der Waals surface area contributed by atoms with Gasteiger partial charge in [0.1, 0.15) is 0 Å². The summed E-state index contributed by atoms with van der Waals surface area (Å²) in [5.74, 6) is -0.811. The van der Waals surface area contributed by atoms with Crippen molar-refractivity contribution in [3.8, 4) is 0 Å². The number of carbonyl (C=O) groups is 1. The number of carboxylic acid groups (broad SMARTS) is 1. The average Bonchev–Trinajstić information content (AvgIpc) is 2.16. The summed E-state index contributed by atoms with van der Waals surface area (Å²) in [7, 11) is 0. The molecule has 0 amide bonds. The highest BCUT2D eigenvalue weighted by Crippen LogP contribution is 2.10. The van der Waals surface area contributed by atoms with Gasteiger partial charge in [0.25, 0.3) is 0 Å². The molecule has 0 spiro atoms. The summed E-state index contributed by atoms with van der Waals surface area (Å²) in [5, 5.41) is 8.67. The van der Waals surface area contributed by atoms with Crippen LogP contribution in [0.25, 0.3) is 0 Å². The second kappa shape index (κ2) is 5.07. The predicted molar refractivity (Wildman–Crippen MR) is 54.8 cm³/mol. The first-order valence-electron chi connectivity index (χ1n) is 4.39. The van der Waals surface area contributed by atoms with Crippen molar-refractivity contribution in [3.05, 3.63) is 47.7 Å². The first kappa shape index (κ1) is 10.3. The van der Waals surface area contributed by atoms with Crippen LogP contribution in [0.4, 0.5) is 0 Å². The van der Waals surface area contributed by atoms with E-state index in [9.17, 15) is 4.79 Å². The Morgan fingerprint density at radius 3 is 2.57 bits per heavy atom. The number of allylic oxidation sites excluding steroid dienone is 1. The standard InChI is InChI=1S/C11H13NO2/c12-7-3-6-9-4-1-2-5-10(9)8-11(13)14/h1-5,7H,6,8,12H2,(H,13,14). The van der Waals surface area contributed by atoms with Gasteiger partial charge in [0.15, 0.2) is 0 Å². The fraction of sp³-hybridized carbons (Fsp3) is 0.182. The molecule has 14 heavy (non-hydrogen) atoms. The Morgan fingerprint density at radius 2 is 2.00 bits per heavy atom. The lowest BCUT2D eigenvalue weighted by Gasteiger charge is -2.04.